The molecule has 0 rings (SSSR count). The van der Waals surface area contributed by atoms with Crippen molar-refractivity contribution in [3.63, 3.8) is 0 Å². The van der Waals surface area contributed by atoms with Crippen LogP contribution in [0.1, 0.15) is 0 Å². The molecule has 51 valence electrons. The van der Waals surface area contributed by atoms with Crippen molar-refractivity contribution in [2.75, 3.05) is 0 Å². The molecule has 0 amide bonds. The Morgan fingerprint density at radius 1 is 1.12 bits per heavy atom. The molecule has 0 heterocycles. The average Bonchev–Trinajstić information content (AvgIpc) is 0.722. The second-order valence-corrected chi connectivity index (χ2v) is 1.34. The van der Waals surface area contributed by atoms with Crippen molar-refractivity contribution in [1.82, 2.24) is 0 Å². The summed E-state index contributed by atoms with van der Waals surface area (Å²) in [5.41, 5.74) is 0. The zero-order valence-electron chi connectivity index (χ0n) is 3.52. The van der Waals surface area contributed by atoms with Crippen LogP contribution in [0, 0.1) is 0 Å². The first-order chi connectivity index (χ1) is 2.00. The molecule has 8 heteroatoms. The zero-order chi connectivity index (χ0) is 4.50. The van der Waals surface area contributed by atoms with Gasteiger partial charge in [-0.1, -0.05) is 0 Å². The summed E-state index contributed by atoms with van der Waals surface area (Å²) in [6.07, 6.45) is 0. The number of hydrogen-bond donors (Lipinski definition) is 2. The van der Waals surface area contributed by atoms with Crippen LogP contribution in [0.2, 0.25) is 0 Å². The Labute approximate surface area is 80.5 Å². The molecular formula is H2MnNiO4SZn. The average molecular weight is 277 g/mol. The van der Waals surface area contributed by atoms with E-state index < -0.39 is 10.4 Å². The third-order valence-electron chi connectivity index (χ3n) is 0. The summed E-state index contributed by atoms with van der Waals surface area (Å²) < 4.78 is 31.6. The summed E-state index contributed by atoms with van der Waals surface area (Å²) in [4.78, 5) is 0. The van der Waals surface area contributed by atoms with E-state index in [9.17, 15) is 0 Å². The van der Waals surface area contributed by atoms with Crippen LogP contribution in [0.25, 0.3) is 0 Å². The third kappa shape index (κ3) is 140. The van der Waals surface area contributed by atoms with E-state index >= 15 is 0 Å². The molecule has 0 atom stereocenters. The van der Waals surface area contributed by atoms with Gasteiger partial charge in [-0.15, -0.1) is 0 Å². The SMILES string of the molecule is O=S(=O)(O)O.[Mn].[Ni].[Zn]. The molecule has 1 radical (unpaired) electrons. The minimum atomic E-state index is -4.67. The van der Waals surface area contributed by atoms with Gasteiger partial charge in [0.05, 0.1) is 0 Å². The largest absolute Gasteiger partial charge is 0.394 e. The second kappa shape index (κ2) is 8.51. The molecule has 0 aliphatic rings. The first-order valence-electron chi connectivity index (χ1n) is 0.698. The van der Waals surface area contributed by atoms with Gasteiger partial charge in [-0.2, -0.15) is 8.42 Å². The summed E-state index contributed by atoms with van der Waals surface area (Å²) >= 11 is 0. The van der Waals surface area contributed by atoms with Gasteiger partial charge in [-0.3, -0.25) is 9.11 Å². The van der Waals surface area contributed by atoms with Crippen molar-refractivity contribution in [1.29, 1.82) is 0 Å². The maximum Gasteiger partial charge on any atom is 0.394 e. The Kier molecular flexibility index (Phi) is 24.1. The zero-order valence-corrected chi connectivity index (χ0v) is 9.47. The normalized spacial score (nSPS) is 7.25. The maximum absolute atomic E-state index is 8.74. The van der Waals surface area contributed by atoms with Gasteiger partial charge in [0.1, 0.15) is 0 Å². The molecule has 0 aromatic rings. The van der Waals surface area contributed by atoms with Crippen LogP contribution in [0.15, 0.2) is 0 Å². The standard InChI is InChI=1S/Mn.Ni.H2O4S.Zn/c;;1-5(2,3)4;/h;;(H2,1,2,3,4);. The quantitative estimate of drug-likeness (QED) is 0.455. The molecule has 0 aromatic heterocycles. The van der Waals surface area contributed by atoms with E-state index in [2.05, 4.69) is 0 Å². The molecule has 0 aliphatic carbocycles. The van der Waals surface area contributed by atoms with Gasteiger partial charge in [0, 0.05) is 53.0 Å². The van der Waals surface area contributed by atoms with E-state index in [1.54, 1.807) is 0 Å². The van der Waals surface area contributed by atoms with Crippen molar-refractivity contribution in [3.05, 3.63) is 0 Å². The van der Waals surface area contributed by atoms with Gasteiger partial charge in [0.2, 0.25) is 0 Å². The van der Waals surface area contributed by atoms with E-state index in [-0.39, 0.29) is 53.0 Å². The van der Waals surface area contributed by atoms with Gasteiger partial charge < -0.3 is 0 Å². The third-order valence-corrected chi connectivity index (χ3v) is 0. The Morgan fingerprint density at radius 2 is 1.12 bits per heavy atom. The Bertz CT molecular complexity index is 99.2. The summed E-state index contributed by atoms with van der Waals surface area (Å²) in [5, 5.41) is 0. The Hall–Kier alpha value is 1.51. The maximum atomic E-state index is 8.74. The van der Waals surface area contributed by atoms with Crippen molar-refractivity contribution < 1.29 is 70.6 Å². The van der Waals surface area contributed by atoms with Crippen LogP contribution in [0.5, 0.6) is 0 Å². The van der Waals surface area contributed by atoms with Gasteiger partial charge in [0.25, 0.3) is 0 Å². The van der Waals surface area contributed by atoms with Gasteiger partial charge in [0.15, 0.2) is 0 Å². The molecule has 0 bridgehead atoms. The van der Waals surface area contributed by atoms with E-state index in [4.69, 9.17) is 17.5 Å². The van der Waals surface area contributed by atoms with Crippen LogP contribution >= 0.6 is 0 Å². The Balaban J connectivity index is -0.0000000267. The van der Waals surface area contributed by atoms with Crippen LogP contribution < -0.4 is 0 Å². The van der Waals surface area contributed by atoms with Gasteiger partial charge in [-0.25, -0.2) is 0 Å². The molecule has 0 unspecified atom stereocenters. The molecule has 0 aliphatic heterocycles. The van der Waals surface area contributed by atoms with E-state index in [1.165, 1.54) is 0 Å². The minimum Gasteiger partial charge on any atom is -0.264 e. The summed E-state index contributed by atoms with van der Waals surface area (Å²) in [5.74, 6) is 0. The van der Waals surface area contributed by atoms with Crippen molar-refractivity contribution in [2.45, 2.75) is 0 Å². The molecule has 0 spiro atoms. The number of rotatable bonds is 0. The number of hydrogen-bond acceptors (Lipinski definition) is 2. The summed E-state index contributed by atoms with van der Waals surface area (Å²) in [6.45, 7) is 0. The second-order valence-electron chi connectivity index (χ2n) is 0.448. The van der Waals surface area contributed by atoms with Gasteiger partial charge in [-0.05, 0) is 0 Å². The van der Waals surface area contributed by atoms with Crippen LogP contribution in [-0.4, -0.2) is 17.5 Å². The summed E-state index contributed by atoms with van der Waals surface area (Å²) in [6, 6.07) is 0. The molecule has 0 fully saturated rings. The molecule has 0 aromatic carbocycles. The van der Waals surface area contributed by atoms with Crippen molar-refractivity contribution in [2.24, 2.45) is 0 Å². The molecular weight excluding hydrogens is 275 g/mol. The minimum absolute atomic E-state index is 0. The fourth-order valence-corrected chi connectivity index (χ4v) is 0. The van der Waals surface area contributed by atoms with E-state index in [1.807, 2.05) is 0 Å². The molecule has 0 saturated heterocycles. The first kappa shape index (κ1) is 22.7. The molecule has 2 N–H and O–H groups in total. The smallest absolute Gasteiger partial charge is 0.264 e. The van der Waals surface area contributed by atoms with E-state index in [0.29, 0.717) is 0 Å². The topological polar surface area (TPSA) is 74.6 Å². The predicted molar refractivity (Wildman–Crippen MR) is 14.2 cm³/mol. The first-order valence-corrected chi connectivity index (χ1v) is 2.10. The fourth-order valence-electron chi connectivity index (χ4n) is 0. The Morgan fingerprint density at radius 3 is 1.12 bits per heavy atom. The monoisotopic (exact) mass is 275 g/mol. The van der Waals surface area contributed by atoms with E-state index in [0.717, 1.165) is 0 Å². The van der Waals surface area contributed by atoms with Crippen molar-refractivity contribution in [3.8, 4) is 0 Å². The molecule has 0 saturated carbocycles. The molecule has 8 heavy (non-hydrogen) atoms. The summed E-state index contributed by atoms with van der Waals surface area (Å²) in [7, 11) is -4.67. The predicted octanol–water partition coefficient (Wildman–Crippen LogP) is -0.660. The fraction of sp³-hybridized carbons (Fsp3) is 0. The van der Waals surface area contributed by atoms with Crippen LogP contribution in [-0.2, 0) is 63.4 Å². The molecule has 4 nitrogen and oxygen atoms in total. The van der Waals surface area contributed by atoms with Crippen LogP contribution in [0.4, 0.5) is 0 Å². The van der Waals surface area contributed by atoms with Crippen molar-refractivity contribution >= 4 is 10.4 Å². The van der Waals surface area contributed by atoms with Crippen LogP contribution in [0.3, 0.4) is 0 Å². The van der Waals surface area contributed by atoms with Gasteiger partial charge >= 0.3 is 10.4 Å².